The molecule has 0 aromatic rings. The van der Waals surface area contributed by atoms with Gasteiger partial charge in [-0.15, -0.1) is 0 Å². The molecule has 0 saturated heterocycles. The minimum atomic E-state index is -0.0920. The maximum Gasteiger partial charge on any atom is 0.164 e. The molecule has 0 spiro atoms. The number of Topliss-reactive ketones (excluding diaryl/α,β-unsaturated/α-hetero) is 1. The number of carbonyl (C=O) groups is 1. The molecule has 0 atom stereocenters. The molecule has 1 heterocycles. The Kier molecular flexibility index (Phi) is 3.86. The Morgan fingerprint density at radius 2 is 2.00 bits per heavy atom. The van der Waals surface area contributed by atoms with E-state index in [0.717, 1.165) is 37.9 Å². The number of aliphatic hydroxyl groups is 1. The van der Waals surface area contributed by atoms with Crippen LogP contribution in [-0.2, 0) is 4.79 Å². The summed E-state index contributed by atoms with van der Waals surface area (Å²) in [6.07, 6.45) is 4.11. The normalized spacial score (nSPS) is 19.4. The summed E-state index contributed by atoms with van der Waals surface area (Å²) in [6, 6.07) is 0. The lowest BCUT2D eigenvalue weighted by atomic mass is 10.0. The summed E-state index contributed by atoms with van der Waals surface area (Å²) in [5.41, 5.74) is 1.21. The molecule has 0 aliphatic carbocycles. The predicted molar refractivity (Wildman–Crippen MR) is 56.8 cm³/mol. The van der Waals surface area contributed by atoms with Crippen molar-refractivity contribution in [2.45, 2.75) is 39.5 Å². The predicted octanol–water partition coefficient (Wildman–Crippen LogP) is 2.42. The van der Waals surface area contributed by atoms with Crippen LogP contribution in [0.4, 0.5) is 0 Å². The highest BCUT2D eigenvalue weighted by Gasteiger charge is 2.16. The van der Waals surface area contributed by atoms with Crippen molar-refractivity contribution in [1.29, 1.82) is 0 Å². The second-order valence-corrected chi connectivity index (χ2v) is 3.66. The molecule has 0 fully saturated rings. The van der Waals surface area contributed by atoms with Crippen molar-refractivity contribution in [3.63, 3.8) is 0 Å². The zero-order chi connectivity index (χ0) is 10.6. The molecule has 78 valence electrons. The molecule has 14 heavy (non-hydrogen) atoms. The first-order valence-corrected chi connectivity index (χ1v) is 5.07. The van der Waals surface area contributed by atoms with Gasteiger partial charge in [0.2, 0.25) is 0 Å². The largest absolute Gasteiger partial charge is 0.512 e. The average molecular weight is 195 g/mol. The summed E-state index contributed by atoms with van der Waals surface area (Å²) < 4.78 is 0. The van der Waals surface area contributed by atoms with E-state index >= 15 is 0 Å². The van der Waals surface area contributed by atoms with Gasteiger partial charge in [0, 0.05) is 12.3 Å². The van der Waals surface area contributed by atoms with Gasteiger partial charge < -0.3 is 5.11 Å². The molecule has 3 nitrogen and oxygen atoms in total. The summed E-state index contributed by atoms with van der Waals surface area (Å²) in [4.78, 5) is 15.6. The third-order valence-corrected chi connectivity index (χ3v) is 2.38. The summed E-state index contributed by atoms with van der Waals surface area (Å²) >= 11 is 0. The van der Waals surface area contributed by atoms with Gasteiger partial charge in [0.1, 0.15) is 5.76 Å². The molecule has 1 N–H and O–H groups in total. The first kappa shape index (κ1) is 11.0. The molecular formula is C11H17NO2. The minimum absolute atomic E-state index is 0.0920. The molecule has 0 amide bonds. The van der Waals surface area contributed by atoms with Gasteiger partial charge in [0.15, 0.2) is 5.78 Å². The van der Waals surface area contributed by atoms with E-state index < -0.39 is 0 Å². The first-order chi connectivity index (χ1) is 6.63. The fourth-order valence-electron chi connectivity index (χ4n) is 1.74. The Balaban J connectivity index is 2.93. The van der Waals surface area contributed by atoms with E-state index in [9.17, 15) is 9.90 Å². The quantitative estimate of drug-likeness (QED) is 0.543. The van der Waals surface area contributed by atoms with Crippen LogP contribution in [0.2, 0.25) is 0 Å². The van der Waals surface area contributed by atoms with Crippen LogP contribution in [0, 0.1) is 0 Å². The van der Waals surface area contributed by atoms with Gasteiger partial charge in [-0.05, 0) is 33.1 Å². The zero-order valence-electron chi connectivity index (χ0n) is 8.84. The standard InChI is InChI=1S/C11H17NO2/c1-8(13)11(9(2)14)10-6-4-3-5-7-12-10/h13H,3-7H2,1-2H3. The lowest BCUT2D eigenvalue weighted by Gasteiger charge is -2.07. The summed E-state index contributed by atoms with van der Waals surface area (Å²) in [7, 11) is 0. The maximum atomic E-state index is 11.3. The number of carbonyl (C=O) groups excluding carboxylic acids is 1. The number of rotatable bonds is 2. The van der Waals surface area contributed by atoms with Crippen LogP contribution in [0.3, 0.4) is 0 Å². The fraction of sp³-hybridized carbons (Fsp3) is 0.636. The Hall–Kier alpha value is -1.12. The average Bonchev–Trinajstić information content (AvgIpc) is 2.31. The topological polar surface area (TPSA) is 49.7 Å². The molecule has 0 bridgehead atoms. The van der Waals surface area contributed by atoms with Gasteiger partial charge >= 0.3 is 0 Å². The molecule has 0 aromatic carbocycles. The smallest absolute Gasteiger partial charge is 0.164 e. The Morgan fingerprint density at radius 3 is 2.57 bits per heavy atom. The van der Waals surface area contributed by atoms with Crippen LogP contribution < -0.4 is 0 Å². The molecule has 1 rings (SSSR count). The third kappa shape index (κ3) is 2.69. The number of allylic oxidation sites excluding steroid dienone is 2. The number of hydrogen-bond acceptors (Lipinski definition) is 3. The molecule has 1 aliphatic heterocycles. The van der Waals surface area contributed by atoms with Gasteiger partial charge in [-0.3, -0.25) is 9.79 Å². The van der Waals surface area contributed by atoms with Crippen LogP contribution in [0.15, 0.2) is 16.3 Å². The van der Waals surface area contributed by atoms with Crippen molar-refractivity contribution in [2.24, 2.45) is 4.99 Å². The lowest BCUT2D eigenvalue weighted by molar-refractivity contribution is -0.113. The second-order valence-electron chi connectivity index (χ2n) is 3.66. The van der Waals surface area contributed by atoms with Crippen LogP contribution in [-0.4, -0.2) is 23.1 Å². The van der Waals surface area contributed by atoms with Crippen molar-refractivity contribution in [3.8, 4) is 0 Å². The van der Waals surface area contributed by atoms with E-state index in [1.165, 1.54) is 6.92 Å². The third-order valence-electron chi connectivity index (χ3n) is 2.38. The van der Waals surface area contributed by atoms with Gasteiger partial charge in [-0.1, -0.05) is 6.42 Å². The number of aliphatic imine (C=N–C) groups is 1. The van der Waals surface area contributed by atoms with Crippen LogP contribution >= 0.6 is 0 Å². The van der Waals surface area contributed by atoms with Crippen molar-refractivity contribution < 1.29 is 9.90 Å². The SMILES string of the molecule is CC(=O)C(C1=NCCCCC1)=C(C)O. The Labute approximate surface area is 84.5 Å². The molecule has 3 heteroatoms. The Morgan fingerprint density at radius 1 is 1.29 bits per heavy atom. The highest BCUT2D eigenvalue weighted by atomic mass is 16.3. The van der Waals surface area contributed by atoms with Gasteiger partial charge in [0.05, 0.1) is 5.57 Å². The Bertz CT molecular complexity index is 286. The van der Waals surface area contributed by atoms with Crippen LogP contribution in [0.1, 0.15) is 39.5 Å². The number of hydrogen-bond donors (Lipinski definition) is 1. The van der Waals surface area contributed by atoms with E-state index in [0.29, 0.717) is 5.57 Å². The minimum Gasteiger partial charge on any atom is -0.512 e. The highest BCUT2D eigenvalue weighted by molar-refractivity contribution is 6.21. The summed E-state index contributed by atoms with van der Waals surface area (Å²) in [5, 5.41) is 9.40. The van der Waals surface area contributed by atoms with Gasteiger partial charge in [-0.2, -0.15) is 0 Å². The molecule has 1 aliphatic rings. The van der Waals surface area contributed by atoms with Crippen molar-refractivity contribution >= 4 is 11.5 Å². The van der Waals surface area contributed by atoms with Gasteiger partial charge in [0.25, 0.3) is 0 Å². The monoisotopic (exact) mass is 195 g/mol. The summed E-state index contributed by atoms with van der Waals surface area (Å²) in [5.74, 6) is 0.00352. The van der Waals surface area contributed by atoms with E-state index in [2.05, 4.69) is 4.99 Å². The molecule has 0 radical (unpaired) electrons. The van der Waals surface area contributed by atoms with E-state index in [-0.39, 0.29) is 11.5 Å². The highest BCUT2D eigenvalue weighted by Crippen LogP contribution is 2.15. The van der Waals surface area contributed by atoms with E-state index in [1.807, 2.05) is 0 Å². The van der Waals surface area contributed by atoms with Gasteiger partial charge in [-0.25, -0.2) is 0 Å². The maximum absolute atomic E-state index is 11.3. The van der Waals surface area contributed by atoms with Crippen molar-refractivity contribution in [2.75, 3.05) is 6.54 Å². The summed E-state index contributed by atoms with van der Waals surface area (Å²) in [6.45, 7) is 3.80. The molecular weight excluding hydrogens is 178 g/mol. The van der Waals surface area contributed by atoms with E-state index in [1.54, 1.807) is 6.92 Å². The van der Waals surface area contributed by atoms with Crippen molar-refractivity contribution in [1.82, 2.24) is 0 Å². The number of ketones is 1. The van der Waals surface area contributed by atoms with Crippen LogP contribution in [0.5, 0.6) is 0 Å². The fourth-order valence-corrected chi connectivity index (χ4v) is 1.74. The molecule has 0 unspecified atom stereocenters. The zero-order valence-corrected chi connectivity index (χ0v) is 8.84. The van der Waals surface area contributed by atoms with E-state index in [4.69, 9.17) is 0 Å². The lowest BCUT2D eigenvalue weighted by Crippen LogP contribution is -2.12. The molecule has 0 saturated carbocycles. The first-order valence-electron chi connectivity index (χ1n) is 5.07. The molecule has 0 aromatic heterocycles. The van der Waals surface area contributed by atoms with Crippen LogP contribution in [0.25, 0.3) is 0 Å². The number of nitrogens with zero attached hydrogens (tertiary/aromatic N) is 1. The van der Waals surface area contributed by atoms with Crippen molar-refractivity contribution in [3.05, 3.63) is 11.3 Å². The number of aliphatic hydroxyl groups excluding tert-OH is 1. The second kappa shape index (κ2) is 4.94.